The molecule has 2 aromatic rings. The molecule has 0 aliphatic rings. The number of benzene rings is 1. The van der Waals surface area contributed by atoms with Crippen LogP contribution in [0.25, 0.3) is 10.1 Å². The highest BCUT2D eigenvalue weighted by atomic mass is 35.5. The number of carbonyl (C=O) groups is 2. The van der Waals surface area contributed by atoms with Crippen molar-refractivity contribution >= 4 is 44.9 Å². The minimum atomic E-state index is -0.558. The van der Waals surface area contributed by atoms with E-state index in [9.17, 15) is 9.59 Å². The number of carbonyl (C=O) groups excluding carboxylic acids is 2. The van der Waals surface area contributed by atoms with Crippen molar-refractivity contribution in [3.63, 3.8) is 0 Å². The Morgan fingerprint density at radius 1 is 1.22 bits per heavy atom. The molecule has 0 saturated carbocycles. The first-order valence-corrected chi connectivity index (χ1v) is 8.93. The molecule has 4 nitrogen and oxygen atoms in total. The van der Waals surface area contributed by atoms with Crippen LogP contribution in [-0.2, 0) is 9.53 Å². The molecule has 0 aliphatic carbocycles. The van der Waals surface area contributed by atoms with Crippen LogP contribution in [0.2, 0.25) is 5.02 Å². The zero-order valence-corrected chi connectivity index (χ0v) is 14.6. The van der Waals surface area contributed by atoms with E-state index < -0.39 is 5.97 Å². The van der Waals surface area contributed by atoms with Crippen LogP contribution in [0, 0.1) is 0 Å². The maximum atomic E-state index is 12.1. The lowest BCUT2D eigenvalue weighted by Gasteiger charge is -2.06. The second-order valence-corrected chi connectivity index (χ2v) is 6.66. The Morgan fingerprint density at radius 2 is 2.00 bits per heavy atom. The summed E-state index contributed by atoms with van der Waals surface area (Å²) in [5, 5.41) is 3.95. The minimum absolute atomic E-state index is 0.281. The van der Waals surface area contributed by atoms with Crippen LogP contribution >= 0.6 is 22.9 Å². The lowest BCUT2D eigenvalue weighted by Crippen LogP contribution is -2.29. The van der Waals surface area contributed by atoms with Crippen molar-refractivity contribution in [3.8, 4) is 0 Å². The van der Waals surface area contributed by atoms with Gasteiger partial charge in [-0.1, -0.05) is 56.0 Å². The molecule has 1 amide bonds. The lowest BCUT2D eigenvalue weighted by molar-refractivity contribution is -0.124. The molecule has 0 atom stereocenters. The van der Waals surface area contributed by atoms with Gasteiger partial charge in [0.15, 0.2) is 6.61 Å². The zero-order chi connectivity index (χ0) is 16.7. The Bertz CT molecular complexity index is 684. The molecule has 1 aromatic carbocycles. The third-order valence-electron chi connectivity index (χ3n) is 3.41. The molecule has 6 heteroatoms. The monoisotopic (exact) mass is 353 g/mol. The van der Waals surface area contributed by atoms with Gasteiger partial charge in [-0.3, -0.25) is 4.79 Å². The first-order chi connectivity index (χ1) is 11.1. The van der Waals surface area contributed by atoms with Gasteiger partial charge in [-0.25, -0.2) is 4.79 Å². The van der Waals surface area contributed by atoms with Gasteiger partial charge in [0.25, 0.3) is 5.91 Å². The van der Waals surface area contributed by atoms with Crippen molar-refractivity contribution in [1.82, 2.24) is 5.32 Å². The largest absolute Gasteiger partial charge is 0.451 e. The maximum absolute atomic E-state index is 12.1. The molecule has 0 aliphatic heterocycles. The van der Waals surface area contributed by atoms with E-state index in [0.717, 1.165) is 35.8 Å². The van der Waals surface area contributed by atoms with Crippen LogP contribution in [0.1, 0.15) is 42.3 Å². The van der Waals surface area contributed by atoms with Gasteiger partial charge in [-0.15, -0.1) is 11.3 Å². The molecule has 0 bridgehead atoms. The zero-order valence-electron chi connectivity index (χ0n) is 13.1. The second kappa shape index (κ2) is 8.89. The number of esters is 1. The molecular weight excluding hydrogens is 334 g/mol. The Labute approximate surface area is 144 Å². The van der Waals surface area contributed by atoms with Crippen LogP contribution in [0.4, 0.5) is 0 Å². The fourth-order valence-electron chi connectivity index (χ4n) is 2.17. The van der Waals surface area contributed by atoms with Gasteiger partial charge in [-0.2, -0.15) is 0 Å². The van der Waals surface area contributed by atoms with E-state index in [0.29, 0.717) is 16.4 Å². The molecule has 0 unspecified atom stereocenters. The highest BCUT2D eigenvalue weighted by Crippen LogP contribution is 2.35. The predicted octanol–water partition coefficient (Wildman–Crippen LogP) is 4.41. The van der Waals surface area contributed by atoms with Crippen molar-refractivity contribution in [3.05, 3.63) is 34.2 Å². The first-order valence-electron chi connectivity index (χ1n) is 7.74. The highest BCUT2D eigenvalue weighted by Gasteiger charge is 2.19. The number of thiophene rings is 1. The normalized spacial score (nSPS) is 10.7. The summed E-state index contributed by atoms with van der Waals surface area (Å²) in [6.07, 6.45) is 4.35. The van der Waals surface area contributed by atoms with E-state index in [1.807, 2.05) is 24.3 Å². The van der Waals surface area contributed by atoms with Gasteiger partial charge >= 0.3 is 5.97 Å². The second-order valence-electron chi connectivity index (χ2n) is 5.23. The average molecular weight is 354 g/mol. The van der Waals surface area contributed by atoms with Crippen molar-refractivity contribution in [2.75, 3.05) is 13.2 Å². The molecule has 0 fully saturated rings. The van der Waals surface area contributed by atoms with Crippen LogP contribution < -0.4 is 5.32 Å². The number of ether oxygens (including phenoxy) is 1. The Balaban J connectivity index is 1.82. The average Bonchev–Trinajstić information content (AvgIpc) is 2.90. The van der Waals surface area contributed by atoms with E-state index in [-0.39, 0.29) is 12.5 Å². The third kappa shape index (κ3) is 4.94. The third-order valence-corrected chi connectivity index (χ3v) is 5.06. The Kier molecular flexibility index (Phi) is 6.86. The van der Waals surface area contributed by atoms with Gasteiger partial charge in [0.2, 0.25) is 0 Å². The van der Waals surface area contributed by atoms with Crippen LogP contribution in [0.5, 0.6) is 0 Å². The molecule has 0 radical (unpaired) electrons. The predicted molar refractivity (Wildman–Crippen MR) is 94.3 cm³/mol. The number of unbranched alkanes of at least 4 members (excludes halogenated alkanes) is 3. The molecule has 1 N–H and O–H groups in total. The Hall–Kier alpha value is -1.59. The number of halogens is 1. The standard InChI is InChI=1S/C17H20ClNO3S/c1-2-3-4-7-10-19-14(20)11-22-17(21)16-15(18)12-8-5-6-9-13(12)23-16/h5-6,8-9H,2-4,7,10-11H2,1H3,(H,19,20). The van der Waals surface area contributed by atoms with Crippen LogP contribution in [0.15, 0.2) is 24.3 Å². The van der Waals surface area contributed by atoms with E-state index in [2.05, 4.69) is 12.2 Å². The van der Waals surface area contributed by atoms with Crippen molar-refractivity contribution in [2.24, 2.45) is 0 Å². The van der Waals surface area contributed by atoms with Gasteiger partial charge in [0.1, 0.15) is 4.88 Å². The van der Waals surface area contributed by atoms with E-state index >= 15 is 0 Å². The molecule has 1 heterocycles. The SMILES string of the molecule is CCCCCCNC(=O)COC(=O)c1sc2ccccc2c1Cl. The molecule has 0 spiro atoms. The van der Waals surface area contributed by atoms with Crippen molar-refractivity contribution in [1.29, 1.82) is 0 Å². The summed E-state index contributed by atoms with van der Waals surface area (Å²) in [4.78, 5) is 24.1. The number of hydrogen-bond acceptors (Lipinski definition) is 4. The summed E-state index contributed by atoms with van der Waals surface area (Å²) < 4.78 is 5.97. The van der Waals surface area contributed by atoms with Crippen LogP contribution in [0.3, 0.4) is 0 Å². The van der Waals surface area contributed by atoms with E-state index in [1.165, 1.54) is 11.3 Å². The molecule has 0 saturated heterocycles. The lowest BCUT2D eigenvalue weighted by atomic mass is 10.2. The first kappa shape index (κ1) is 17.8. The molecule has 23 heavy (non-hydrogen) atoms. The highest BCUT2D eigenvalue weighted by molar-refractivity contribution is 7.21. The molecular formula is C17H20ClNO3S. The number of nitrogens with one attached hydrogen (secondary N) is 1. The summed E-state index contributed by atoms with van der Waals surface area (Å²) in [5.74, 6) is -0.843. The minimum Gasteiger partial charge on any atom is -0.451 e. The number of rotatable bonds is 8. The molecule has 1 aromatic heterocycles. The smallest absolute Gasteiger partial charge is 0.350 e. The van der Waals surface area contributed by atoms with Gasteiger partial charge in [0.05, 0.1) is 5.02 Å². The Morgan fingerprint density at radius 3 is 2.74 bits per heavy atom. The van der Waals surface area contributed by atoms with Crippen molar-refractivity contribution in [2.45, 2.75) is 32.6 Å². The van der Waals surface area contributed by atoms with E-state index in [4.69, 9.17) is 16.3 Å². The number of amides is 1. The summed E-state index contributed by atoms with van der Waals surface area (Å²) in [5.41, 5.74) is 0. The van der Waals surface area contributed by atoms with Gasteiger partial charge in [0, 0.05) is 16.6 Å². The quantitative estimate of drug-likeness (QED) is 0.565. The van der Waals surface area contributed by atoms with E-state index in [1.54, 1.807) is 0 Å². The molecule has 2 rings (SSSR count). The summed E-state index contributed by atoms with van der Waals surface area (Å²) in [6.45, 7) is 2.47. The van der Waals surface area contributed by atoms with Gasteiger partial charge in [-0.05, 0) is 12.5 Å². The maximum Gasteiger partial charge on any atom is 0.350 e. The molecule has 124 valence electrons. The fourth-order valence-corrected chi connectivity index (χ4v) is 3.57. The summed E-state index contributed by atoms with van der Waals surface area (Å²) >= 11 is 7.48. The number of hydrogen-bond donors (Lipinski definition) is 1. The summed E-state index contributed by atoms with van der Waals surface area (Å²) in [7, 11) is 0. The topological polar surface area (TPSA) is 55.4 Å². The fraction of sp³-hybridized carbons (Fsp3) is 0.412. The van der Waals surface area contributed by atoms with Crippen molar-refractivity contribution < 1.29 is 14.3 Å². The van der Waals surface area contributed by atoms with Crippen LogP contribution in [-0.4, -0.2) is 25.0 Å². The number of fused-ring (bicyclic) bond motifs is 1. The van der Waals surface area contributed by atoms with Gasteiger partial charge < -0.3 is 10.1 Å². The summed E-state index contributed by atoms with van der Waals surface area (Å²) in [6, 6.07) is 7.50.